The second kappa shape index (κ2) is 7.50. The predicted molar refractivity (Wildman–Crippen MR) is 93.7 cm³/mol. The third-order valence-corrected chi connectivity index (χ3v) is 5.41. The summed E-state index contributed by atoms with van der Waals surface area (Å²) in [6.45, 7) is 3.35. The molecule has 0 atom stereocenters. The van der Waals surface area contributed by atoms with Gasteiger partial charge in [0.1, 0.15) is 0 Å². The van der Waals surface area contributed by atoms with Crippen LogP contribution in [0.3, 0.4) is 0 Å². The van der Waals surface area contributed by atoms with Crippen molar-refractivity contribution in [1.82, 2.24) is 0 Å². The molecule has 27 heavy (non-hydrogen) atoms. The van der Waals surface area contributed by atoms with Gasteiger partial charge in [0.15, 0.2) is 23.2 Å². The zero-order valence-electron chi connectivity index (χ0n) is 15.3. The van der Waals surface area contributed by atoms with E-state index >= 15 is 0 Å². The normalized spacial score (nSPS) is 22.7. The van der Waals surface area contributed by atoms with E-state index in [1.807, 2.05) is 0 Å². The van der Waals surface area contributed by atoms with E-state index in [9.17, 15) is 22.7 Å². The predicted octanol–water partition coefficient (Wildman–Crippen LogP) is 5.50. The van der Waals surface area contributed by atoms with Gasteiger partial charge in [-0.2, -0.15) is 4.39 Å². The van der Waals surface area contributed by atoms with E-state index in [1.165, 1.54) is 25.1 Å². The van der Waals surface area contributed by atoms with Crippen LogP contribution < -0.4 is 4.74 Å². The first-order valence-corrected chi connectivity index (χ1v) is 9.06. The minimum atomic E-state index is -1.55. The molecule has 1 N–H and O–H groups in total. The molecule has 1 aliphatic rings. The molecular weight excluding hydrogens is 360 g/mol. The Labute approximate surface area is 155 Å². The fourth-order valence-electron chi connectivity index (χ4n) is 3.81. The molecule has 0 aromatic heterocycles. The molecule has 3 rings (SSSR count). The lowest BCUT2D eigenvalue weighted by molar-refractivity contribution is -0.00961. The van der Waals surface area contributed by atoms with Crippen LogP contribution in [0, 0.1) is 30.2 Å². The third kappa shape index (κ3) is 3.55. The Hall–Kier alpha value is -2.08. The summed E-state index contributed by atoms with van der Waals surface area (Å²) < 4.78 is 61.7. The molecule has 0 saturated heterocycles. The Morgan fingerprint density at radius 3 is 2.26 bits per heavy atom. The summed E-state index contributed by atoms with van der Waals surface area (Å²) in [6, 6.07) is 5.71. The Morgan fingerprint density at radius 2 is 1.63 bits per heavy atom. The Morgan fingerprint density at radius 1 is 0.963 bits per heavy atom. The second-order valence-electron chi connectivity index (χ2n) is 7.08. The van der Waals surface area contributed by atoms with Gasteiger partial charge in [0.2, 0.25) is 5.82 Å². The third-order valence-electron chi connectivity index (χ3n) is 5.41. The summed E-state index contributed by atoms with van der Waals surface area (Å²) in [6.07, 6.45) is 0.919. The lowest BCUT2D eigenvalue weighted by Crippen LogP contribution is -2.32. The SMILES string of the molecule is CCOc1ccc(C2(O)CCC(c3ccc(C)c(F)c3F)CC2)c(F)c1F. The molecule has 146 valence electrons. The minimum absolute atomic E-state index is 0.122. The summed E-state index contributed by atoms with van der Waals surface area (Å²) in [7, 11) is 0. The number of aliphatic hydroxyl groups is 1. The number of hydrogen-bond donors (Lipinski definition) is 1. The van der Waals surface area contributed by atoms with Gasteiger partial charge >= 0.3 is 0 Å². The number of ether oxygens (including phenoxy) is 1. The van der Waals surface area contributed by atoms with E-state index in [0.29, 0.717) is 12.8 Å². The quantitative estimate of drug-likeness (QED) is 0.708. The van der Waals surface area contributed by atoms with E-state index in [1.54, 1.807) is 13.0 Å². The molecule has 2 aromatic carbocycles. The molecule has 2 nitrogen and oxygen atoms in total. The van der Waals surface area contributed by atoms with Crippen molar-refractivity contribution >= 4 is 0 Å². The Balaban J connectivity index is 1.82. The first-order chi connectivity index (χ1) is 12.8. The first kappa shape index (κ1) is 19.7. The van der Waals surface area contributed by atoms with Crippen LogP contribution in [0.25, 0.3) is 0 Å². The number of rotatable bonds is 4. The molecule has 1 saturated carbocycles. The fraction of sp³-hybridized carbons (Fsp3) is 0.429. The summed E-state index contributed by atoms with van der Waals surface area (Å²) in [5.74, 6) is -4.48. The summed E-state index contributed by atoms with van der Waals surface area (Å²) >= 11 is 0. The van der Waals surface area contributed by atoms with Crippen molar-refractivity contribution < 1.29 is 27.4 Å². The number of hydrogen-bond acceptors (Lipinski definition) is 2. The second-order valence-corrected chi connectivity index (χ2v) is 7.08. The van der Waals surface area contributed by atoms with Crippen LogP contribution in [0.2, 0.25) is 0 Å². The monoisotopic (exact) mass is 382 g/mol. The van der Waals surface area contributed by atoms with E-state index in [0.717, 1.165) is 0 Å². The van der Waals surface area contributed by atoms with Crippen LogP contribution in [-0.2, 0) is 5.60 Å². The van der Waals surface area contributed by atoms with Crippen molar-refractivity contribution in [1.29, 1.82) is 0 Å². The molecule has 2 aromatic rings. The van der Waals surface area contributed by atoms with E-state index in [2.05, 4.69) is 0 Å². The number of halogens is 4. The van der Waals surface area contributed by atoms with Gasteiger partial charge in [0.05, 0.1) is 12.2 Å². The van der Waals surface area contributed by atoms with Gasteiger partial charge < -0.3 is 9.84 Å². The van der Waals surface area contributed by atoms with E-state index < -0.39 is 28.9 Å². The molecule has 1 fully saturated rings. The largest absolute Gasteiger partial charge is 0.491 e. The molecule has 0 heterocycles. The summed E-state index contributed by atoms with van der Waals surface area (Å²) in [5, 5.41) is 10.9. The molecule has 0 aliphatic heterocycles. The average molecular weight is 382 g/mol. The first-order valence-electron chi connectivity index (χ1n) is 9.06. The molecule has 0 bridgehead atoms. The van der Waals surface area contributed by atoms with E-state index in [-0.39, 0.29) is 47.8 Å². The average Bonchev–Trinajstić information content (AvgIpc) is 2.65. The van der Waals surface area contributed by atoms with Gasteiger partial charge in [-0.25, -0.2) is 13.2 Å². The maximum atomic E-state index is 14.5. The molecular formula is C21H22F4O2. The van der Waals surface area contributed by atoms with Crippen LogP contribution in [0.4, 0.5) is 17.6 Å². The van der Waals surface area contributed by atoms with Gasteiger partial charge in [0, 0.05) is 5.56 Å². The van der Waals surface area contributed by atoms with Crippen molar-refractivity contribution in [2.24, 2.45) is 0 Å². The highest BCUT2D eigenvalue weighted by atomic mass is 19.2. The summed E-state index contributed by atoms with van der Waals surface area (Å²) in [4.78, 5) is 0. The zero-order valence-corrected chi connectivity index (χ0v) is 15.3. The lowest BCUT2D eigenvalue weighted by atomic mass is 9.73. The standard InChI is InChI=1S/C21H22F4O2/c1-3-27-16-7-6-15(19(24)20(16)25)21(26)10-8-13(9-11-21)14-5-4-12(2)17(22)18(14)23/h4-7,13,26H,3,8-11H2,1-2H3. The van der Waals surface area contributed by atoms with Crippen LogP contribution >= 0.6 is 0 Å². The maximum Gasteiger partial charge on any atom is 0.200 e. The van der Waals surface area contributed by atoms with Gasteiger partial charge in [-0.05, 0) is 68.7 Å². The highest BCUT2D eigenvalue weighted by molar-refractivity contribution is 5.35. The van der Waals surface area contributed by atoms with Crippen LogP contribution in [0.5, 0.6) is 5.75 Å². The van der Waals surface area contributed by atoms with Crippen molar-refractivity contribution in [3.05, 3.63) is 64.2 Å². The molecule has 0 spiro atoms. The van der Waals surface area contributed by atoms with Crippen molar-refractivity contribution in [3.8, 4) is 5.75 Å². The number of benzene rings is 2. The molecule has 0 unspecified atom stereocenters. The topological polar surface area (TPSA) is 29.5 Å². The highest BCUT2D eigenvalue weighted by Crippen LogP contribution is 2.45. The smallest absolute Gasteiger partial charge is 0.200 e. The Bertz CT molecular complexity index is 843. The molecule has 0 amide bonds. The maximum absolute atomic E-state index is 14.5. The van der Waals surface area contributed by atoms with Crippen LogP contribution in [-0.4, -0.2) is 11.7 Å². The van der Waals surface area contributed by atoms with E-state index in [4.69, 9.17) is 4.74 Å². The molecule has 0 radical (unpaired) electrons. The molecule has 1 aliphatic carbocycles. The molecule has 6 heteroatoms. The Kier molecular flexibility index (Phi) is 5.47. The van der Waals surface area contributed by atoms with Gasteiger partial charge in [-0.15, -0.1) is 0 Å². The van der Waals surface area contributed by atoms with Crippen LogP contribution in [0.1, 0.15) is 55.2 Å². The van der Waals surface area contributed by atoms with Crippen molar-refractivity contribution in [3.63, 3.8) is 0 Å². The summed E-state index contributed by atoms with van der Waals surface area (Å²) in [5.41, 5.74) is -1.18. The number of aryl methyl sites for hydroxylation is 1. The minimum Gasteiger partial charge on any atom is -0.491 e. The lowest BCUT2D eigenvalue weighted by Gasteiger charge is -2.37. The highest BCUT2D eigenvalue weighted by Gasteiger charge is 2.39. The zero-order chi connectivity index (χ0) is 19.8. The van der Waals surface area contributed by atoms with Crippen molar-refractivity contribution in [2.75, 3.05) is 6.61 Å². The van der Waals surface area contributed by atoms with Gasteiger partial charge in [-0.1, -0.05) is 12.1 Å². The van der Waals surface area contributed by atoms with Gasteiger partial charge in [-0.3, -0.25) is 0 Å². The fourth-order valence-corrected chi connectivity index (χ4v) is 3.81. The van der Waals surface area contributed by atoms with Gasteiger partial charge in [0.25, 0.3) is 0 Å². The van der Waals surface area contributed by atoms with Crippen molar-refractivity contribution in [2.45, 2.75) is 51.0 Å². The van der Waals surface area contributed by atoms with Crippen LogP contribution in [0.15, 0.2) is 24.3 Å².